The number of nitro groups is 1. The predicted octanol–water partition coefficient (Wildman–Crippen LogP) is 3.16. The minimum Gasteiger partial charge on any atom is -0.294 e. The van der Waals surface area contributed by atoms with Gasteiger partial charge in [0.2, 0.25) is 0 Å². The average Bonchev–Trinajstić information content (AvgIpc) is 2.39. The number of benzene rings is 2. The summed E-state index contributed by atoms with van der Waals surface area (Å²) in [5.74, 6) is -0.618. The minimum absolute atomic E-state index is 0.0489. The third kappa shape index (κ3) is 3.22. The largest absolute Gasteiger partial charge is 0.294 e. The number of hydrogen-bond acceptors (Lipinski definition) is 3. The van der Waals surface area contributed by atoms with Crippen molar-refractivity contribution in [1.82, 2.24) is 0 Å². The Bertz CT molecular complexity index is 623. The van der Waals surface area contributed by atoms with Crippen LogP contribution in [0.2, 0.25) is 0 Å². The standard InChI is InChI=1S/C14H10FNO3/c15-12-6-4-11(5-7-12)14(17)9-10-2-1-3-13(8-10)16(18)19/h1-8H,9H2. The van der Waals surface area contributed by atoms with Crippen LogP contribution < -0.4 is 0 Å². The highest BCUT2D eigenvalue weighted by atomic mass is 19.1. The first-order valence-electron chi connectivity index (χ1n) is 5.58. The van der Waals surface area contributed by atoms with E-state index in [0.717, 1.165) is 0 Å². The molecule has 2 aromatic rings. The van der Waals surface area contributed by atoms with E-state index in [2.05, 4.69) is 0 Å². The molecule has 5 heteroatoms. The molecule has 0 aliphatic carbocycles. The van der Waals surface area contributed by atoms with Crippen LogP contribution in [0.5, 0.6) is 0 Å². The van der Waals surface area contributed by atoms with Crippen molar-refractivity contribution in [3.05, 3.63) is 75.6 Å². The van der Waals surface area contributed by atoms with E-state index in [-0.39, 0.29) is 17.9 Å². The van der Waals surface area contributed by atoms with Gasteiger partial charge in [-0.1, -0.05) is 12.1 Å². The van der Waals surface area contributed by atoms with Crippen LogP contribution in [0.25, 0.3) is 0 Å². The van der Waals surface area contributed by atoms with Gasteiger partial charge in [0.1, 0.15) is 5.82 Å². The van der Waals surface area contributed by atoms with Gasteiger partial charge in [-0.25, -0.2) is 4.39 Å². The lowest BCUT2D eigenvalue weighted by atomic mass is 10.0. The van der Waals surface area contributed by atoms with Crippen molar-refractivity contribution in [2.75, 3.05) is 0 Å². The lowest BCUT2D eigenvalue weighted by molar-refractivity contribution is -0.384. The molecule has 0 saturated heterocycles. The van der Waals surface area contributed by atoms with Gasteiger partial charge in [0.15, 0.2) is 5.78 Å². The maximum absolute atomic E-state index is 12.7. The van der Waals surface area contributed by atoms with E-state index in [0.29, 0.717) is 11.1 Å². The smallest absolute Gasteiger partial charge is 0.269 e. The Morgan fingerprint density at radius 1 is 1.16 bits per heavy atom. The summed E-state index contributed by atoms with van der Waals surface area (Å²) in [7, 11) is 0. The van der Waals surface area contributed by atoms with E-state index in [4.69, 9.17) is 0 Å². The van der Waals surface area contributed by atoms with Crippen molar-refractivity contribution in [3.63, 3.8) is 0 Å². The summed E-state index contributed by atoms with van der Waals surface area (Å²) in [5, 5.41) is 10.6. The van der Waals surface area contributed by atoms with Crippen molar-refractivity contribution in [2.45, 2.75) is 6.42 Å². The quantitative estimate of drug-likeness (QED) is 0.481. The molecule has 2 rings (SSSR count). The number of Topliss-reactive ketones (excluding diaryl/α,β-unsaturated/α-hetero) is 1. The Morgan fingerprint density at radius 2 is 1.84 bits per heavy atom. The first-order chi connectivity index (χ1) is 9.06. The Morgan fingerprint density at radius 3 is 2.47 bits per heavy atom. The van der Waals surface area contributed by atoms with E-state index in [1.165, 1.54) is 42.5 Å². The summed E-state index contributed by atoms with van der Waals surface area (Å²) >= 11 is 0. The highest BCUT2D eigenvalue weighted by Crippen LogP contribution is 2.15. The first-order valence-corrected chi connectivity index (χ1v) is 5.58. The molecule has 0 bridgehead atoms. The first kappa shape index (κ1) is 12.9. The van der Waals surface area contributed by atoms with E-state index in [9.17, 15) is 19.3 Å². The van der Waals surface area contributed by atoms with Gasteiger partial charge in [-0.15, -0.1) is 0 Å². The molecular formula is C14H10FNO3. The molecule has 19 heavy (non-hydrogen) atoms. The zero-order valence-electron chi connectivity index (χ0n) is 9.88. The van der Waals surface area contributed by atoms with E-state index >= 15 is 0 Å². The maximum Gasteiger partial charge on any atom is 0.269 e. The topological polar surface area (TPSA) is 60.2 Å². The third-order valence-electron chi connectivity index (χ3n) is 2.65. The van der Waals surface area contributed by atoms with Crippen LogP contribution >= 0.6 is 0 Å². The van der Waals surface area contributed by atoms with Crippen LogP contribution in [0.1, 0.15) is 15.9 Å². The number of ketones is 1. The lowest BCUT2D eigenvalue weighted by Gasteiger charge is -2.01. The number of hydrogen-bond donors (Lipinski definition) is 0. The van der Waals surface area contributed by atoms with Crippen LogP contribution in [0.15, 0.2) is 48.5 Å². The molecule has 0 aliphatic rings. The second-order valence-electron chi connectivity index (χ2n) is 4.03. The van der Waals surface area contributed by atoms with Crippen LogP contribution in [-0.4, -0.2) is 10.7 Å². The van der Waals surface area contributed by atoms with E-state index in [1.54, 1.807) is 6.07 Å². The van der Waals surface area contributed by atoms with Gasteiger partial charge >= 0.3 is 0 Å². The van der Waals surface area contributed by atoms with Gasteiger partial charge in [-0.2, -0.15) is 0 Å². The van der Waals surface area contributed by atoms with Gasteiger partial charge < -0.3 is 0 Å². The van der Waals surface area contributed by atoms with Crippen molar-refractivity contribution in [2.24, 2.45) is 0 Å². The minimum atomic E-state index is -0.508. The molecule has 96 valence electrons. The molecule has 0 aromatic heterocycles. The average molecular weight is 259 g/mol. The van der Waals surface area contributed by atoms with Crippen LogP contribution in [0, 0.1) is 15.9 Å². The molecular weight excluding hydrogens is 249 g/mol. The van der Waals surface area contributed by atoms with Gasteiger partial charge in [0.25, 0.3) is 5.69 Å². The summed E-state index contributed by atoms with van der Waals surface area (Å²) in [6.45, 7) is 0. The highest BCUT2D eigenvalue weighted by molar-refractivity contribution is 5.97. The van der Waals surface area contributed by atoms with Crippen molar-refractivity contribution >= 4 is 11.5 Å². The molecule has 0 atom stereocenters. The maximum atomic E-state index is 12.7. The molecule has 0 amide bonds. The van der Waals surface area contributed by atoms with E-state index < -0.39 is 10.7 Å². The SMILES string of the molecule is O=C(Cc1cccc([N+](=O)[O-])c1)c1ccc(F)cc1. The highest BCUT2D eigenvalue weighted by Gasteiger charge is 2.10. The summed E-state index contributed by atoms with van der Waals surface area (Å²) in [6, 6.07) is 11.1. The molecule has 0 saturated carbocycles. The number of non-ortho nitro benzene ring substituents is 1. The molecule has 4 nitrogen and oxygen atoms in total. The van der Waals surface area contributed by atoms with Crippen molar-refractivity contribution in [1.29, 1.82) is 0 Å². The Hall–Kier alpha value is -2.56. The fraction of sp³-hybridized carbons (Fsp3) is 0.0714. The molecule has 0 heterocycles. The summed E-state index contributed by atoms with van der Waals surface area (Å²) in [6.07, 6.45) is 0.0489. The fourth-order valence-electron chi connectivity index (χ4n) is 1.70. The van der Waals surface area contributed by atoms with E-state index in [1.807, 2.05) is 0 Å². The number of halogens is 1. The third-order valence-corrected chi connectivity index (χ3v) is 2.65. The molecule has 0 N–H and O–H groups in total. The number of nitrogens with zero attached hydrogens (tertiary/aromatic N) is 1. The van der Waals surface area contributed by atoms with Crippen molar-refractivity contribution in [3.8, 4) is 0 Å². The zero-order valence-corrected chi connectivity index (χ0v) is 9.88. The van der Waals surface area contributed by atoms with Crippen molar-refractivity contribution < 1.29 is 14.1 Å². The molecule has 0 spiro atoms. The second-order valence-corrected chi connectivity index (χ2v) is 4.03. The normalized spacial score (nSPS) is 10.2. The van der Waals surface area contributed by atoms with Gasteiger partial charge in [0, 0.05) is 24.1 Å². The Labute approximate surface area is 108 Å². The van der Waals surface area contributed by atoms with Crippen LogP contribution in [-0.2, 0) is 6.42 Å². The summed E-state index contributed by atoms with van der Waals surface area (Å²) in [5.41, 5.74) is 0.890. The monoisotopic (exact) mass is 259 g/mol. The molecule has 0 unspecified atom stereocenters. The number of rotatable bonds is 4. The Kier molecular flexibility index (Phi) is 3.66. The Balaban J connectivity index is 2.17. The lowest BCUT2D eigenvalue weighted by Crippen LogP contribution is -2.03. The van der Waals surface area contributed by atoms with Gasteiger partial charge in [0.05, 0.1) is 4.92 Å². The fourth-order valence-corrected chi connectivity index (χ4v) is 1.70. The number of carbonyl (C=O) groups is 1. The van der Waals surface area contributed by atoms with Gasteiger partial charge in [-0.3, -0.25) is 14.9 Å². The van der Waals surface area contributed by atoms with Crippen LogP contribution in [0.4, 0.5) is 10.1 Å². The summed E-state index contributed by atoms with van der Waals surface area (Å²) in [4.78, 5) is 22.0. The second kappa shape index (κ2) is 5.39. The molecule has 0 radical (unpaired) electrons. The summed E-state index contributed by atoms with van der Waals surface area (Å²) < 4.78 is 12.7. The predicted molar refractivity (Wildman–Crippen MR) is 67.5 cm³/mol. The molecule has 0 fully saturated rings. The molecule has 2 aromatic carbocycles. The molecule has 0 aliphatic heterocycles. The zero-order chi connectivity index (χ0) is 13.8. The number of nitro benzene ring substituents is 1. The van der Waals surface area contributed by atoms with Crippen LogP contribution in [0.3, 0.4) is 0 Å². The van der Waals surface area contributed by atoms with Gasteiger partial charge in [-0.05, 0) is 29.8 Å². The number of carbonyl (C=O) groups excluding carboxylic acids is 1.